The summed E-state index contributed by atoms with van der Waals surface area (Å²) in [5.41, 5.74) is 5.21. The Morgan fingerprint density at radius 3 is 2.17 bits per heavy atom. The van der Waals surface area contributed by atoms with Gasteiger partial charge in [0, 0.05) is 20.7 Å². The Morgan fingerprint density at radius 2 is 1.47 bits per heavy atom. The van der Waals surface area contributed by atoms with Crippen LogP contribution in [0.3, 0.4) is 0 Å². The van der Waals surface area contributed by atoms with Gasteiger partial charge in [0.05, 0.1) is 31.5 Å². The lowest BCUT2D eigenvalue weighted by Crippen LogP contribution is -2.35. The molecule has 6 rings (SSSR count). The molecule has 0 saturated heterocycles. The van der Waals surface area contributed by atoms with Crippen LogP contribution in [-0.2, 0) is 0 Å². The number of hydrogen-bond donors (Lipinski definition) is 0. The molecule has 0 fully saturated rings. The van der Waals surface area contributed by atoms with Gasteiger partial charge >= 0.3 is 0 Å². The standard InChI is InChI=1S/C30H24ClNO3S/c1-33-21-12-7-18(8-13-21)29-27-28(23-5-3-4-6-25(23)35-29)32-24-16-11-20(31)17-26(24)36-30(27)19-9-14-22(34-2)15-10-19/h3-17,27,29-30H,1-2H3. The molecule has 36 heavy (non-hydrogen) atoms. The second kappa shape index (κ2) is 9.57. The topological polar surface area (TPSA) is 40.0 Å². The molecule has 0 bridgehead atoms. The van der Waals surface area contributed by atoms with Crippen LogP contribution in [0.15, 0.2) is 101 Å². The summed E-state index contributed by atoms with van der Waals surface area (Å²) in [5, 5.41) is 0.720. The van der Waals surface area contributed by atoms with E-state index < -0.39 is 0 Å². The van der Waals surface area contributed by atoms with Gasteiger partial charge in [0.15, 0.2) is 0 Å². The van der Waals surface area contributed by atoms with Crippen molar-refractivity contribution in [1.82, 2.24) is 0 Å². The first-order valence-electron chi connectivity index (χ1n) is 11.7. The van der Waals surface area contributed by atoms with Crippen molar-refractivity contribution in [2.75, 3.05) is 14.2 Å². The monoisotopic (exact) mass is 513 g/mol. The van der Waals surface area contributed by atoms with E-state index in [0.29, 0.717) is 5.02 Å². The third-order valence-corrected chi connectivity index (χ3v) is 8.33. The molecular formula is C30H24ClNO3S. The van der Waals surface area contributed by atoms with Crippen LogP contribution >= 0.6 is 23.4 Å². The fourth-order valence-electron chi connectivity index (χ4n) is 4.90. The number of fused-ring (bicyclic) bond motifs is 4. The molecular weight excluding hydrogens is 490 g/mol. The number of para-hydroxylation sites is 1. The Labute approximate surface area is 219 Å². The van der Waals surface area contributed by atoms with Crippen LogP contribution in [0.25, 0.3) is 0 Å². The van der Waals surface area contributed by atoms with Gasteiger partial charge in [-0.15, -0.1) is 11.8 Å². The van der Waals surface area contributed by atoms with Crippen molar-refractivity contribution in [3.8, 4) is 17.2 Å². The number of halogens is 1. The number of hydrogen-bond acceptors (Lipinski definition) is 5. The van der Waals surface area contributed by atoms with Gasteiger partial charge in [-0.2, -0.15) is 0 Å². The van der Waals surface area contributed by atoms with Crippen LogP contribution in [0, 0.1) is 5.92 Å². The van der Waals surface area contributed by atoms with E-state index in [4.69, 9.17) is 30.8 Å². The van der Waals surface area contributed by atoms with Gasteiger partial charge in [-0.3, -0.25) is 4.99 Å². The van der Waals surface area contributed by atoms with E-state index in [1.54, 1.807) is 26.0 Å². The molecule has 4 nitrogen and oxygen atoms in total. The van der Waals surface area contributed by atoms with E-state index in [-0.39, 0.29) is 17.3 Å². The summed E-state index contributed by atoms with van der Waals surface area (Å²) in [6.07, 6.45) is -0.242. The molecule has 0 spiro atoms. The predicted molar refractivity (Wildman–Crippen MR) is 146 cm³/mol. The maximum atomic E-state index is 6.75. The Bertz CT molecular complexity index is 1440. The Morgan fingerprint density at radius 1 is 0.806 bits per heavy atom. The second-order valence-electron chi connectivity index (χ2n) is 8.75. The molecule has 3 unspecified atom stereocenters. The highest BCUT2D eigenvalue weighted by Gasteiger charge is 2.44. The highest BCUT2D eigenvalue weighted by molar-refractivity contribution is 7.99. The highest BCUT2D eigenvalue weighted by atomic mass is 35.5. The van der Waals surface area contributed by atoms with Gasteiger partial charge in [-0.25, -0.2) is 0 Å². The Hall–Kier alpha value is -3.41. The number of rotatable bonds is 4. The summed E-state index contributed by atoms with van der Waals surface area (Å²) in [4.78, 5) is 6.32. The fourth-order valence-corrected chi connectivity index (χ4v) is 6.55. The lowest BCUT2D eigenvalue weighted by molar-refractivity contribution is 0.156. The number of aliphatic imine (C=N–C) groups is 1. The highest BCUT2D eigenvalue weighted by Crippen LogP contribution is 2.55. The third-order valence-electron chi connectivity index (χ3n) is 6.69. The molecule has 3 atom stereocenters. The van der Waals surface area contributed by atoms with Crippen LogP contribution in [0.4, 0.5) is 5.69 Å². The maximum Gasteiger partial charge on any atom is 0.134 e. The minimum Gasteiger partial charge on any atom is -0.497 e. The summed E-state index contributed by atoms with van der Waals surface area (Å²) in [6.45, 7) is 0. The van der Waals surface area contributed by atoms with Crippen LogP contribution in [0.1, 0.15) is 28.0 Å². The summed E-state index contributed by atoms with van der Waals surface area (Å²) >= 11 is 8.22. The zero-order valence-corrected chi connectivity index (χ0v) is 21.4. The normalized spacial score (nSPS) is 20.1. The van der Waals surface area contributed by atoms with Crippen molar-refractivity contribution >= 4 is 34.8 Å². The second-order valence-corrected chi connectivity index (χ2v) is 10.4. The minimum atomic E-state index is -0.242. The molecule has 180 valence electrons. The lowest BCUT2D eigenvalue weighted by Gasteiger charge is -2.38. The zero-order valence-electron chi connectivity index (χ0n) is 19.9. The largest absolute Gasteiger partial charge is 0.497 e. The van der Waals surface area contributed by atoms with E-state index in [0.717, 1.165) is 44.7 Å². The number of thioether (sulfide) groups is 1. The van der Waals surface area contributed by atoms with E-state index in [9.17, 15) is 0 Å². The molecule has 2 aliphatic heterocycles. The first-order chi connectivity index (χ1) is 17.6. The minimum absolute atomic E-state index is 0.0230. The van der Waals surface area contributed by atoms with E-state index >= 15 is 0 Å². The molecule has 0 aromatic heterocycles. The first-order valence-corrected chi connectivity index (χ1v) is 13.0. The van der Waals surface area contributed by atoms with Crippen molar-refractivity contribution in [3.05, 3.63) is 113 Å². The first kappa shape index (κ1) is 23.0. The predicted octanol–water partition coefficient (Wildman–Crippen LogP) is 8.07. The Balaban J connectivity index is 1.58. The van der Waals surface area contributed by atoms with Crippen LogP contribution < -0.4 is 14.2 Å². The van der Waals surface area contributed by atoms with Gasteiger partial charge in [0.1, 0.15) is 23.4 Å². The zero-order chi connectivity index (χ0) is 24.6. The number of nitrogens with zero attached hydrogens (tertiary/aromatic N) is 1. The molecule has 0 saturated carbocycles. The van der Waals surface area contributed by atoms with Gasteiger partial charge in [-0.1, -0.05) is 48.0 Å². The summed E-state index contributed by atoms with van der Waals surface area (Å²) < 4.78 is 17.6. The molecule has 4 aromatic carbocycles. The SMILES string of the molecule is COc1ccc(C2Oc3ccccc3C3=Nc4ccc(Cl)cc4SC(c4ccc(OC)cc4)C32)cc1. The molecule has 2 aliphatic rings. The van der Waals surface area contributed by atoms with Crippen LogP contribution in [0.2, 0.25) is 5.02 Å². The van der Waals surface area contributed by atoms with E-state index in [1.807, 2.05) is 60.7 Å². The van der Waals surface area contributed by atoms with Crippen molar-refractivity contribution in [2.45, 2.75) is 16.2 Å². The molecule has 0 radical (unpaired) electrons. The van der Waals surface area contributed by atoms with Gasteiger partial charge < -0.3 is 14.2 Å². The fraction of sp³-hybridized carbons (Fsp3) is 0.167. The molecule has 0 aliphatic carbocycles. The quantitative estimate of drug-likeness (QED) is 0.276. The summed E-state index contributed by atoms with van der Waals surface area (Å²) in [7, 11) is 3.36. The molecule has 2 heterocycles. The number of methoxy groups -OCH3 is 2. The van der Waals surface area contributed by atoms with Crippen molar-refractivity contribution in [1.29, 1.82) is 0 Å². The smallest absolute Gasteiger partial charge is 0.134 e. The summed E-state index contributed by atoms with van der Waals surface area (Å²) in [5.74, 6) is 2.42. The molecule has 6 heteroatoms. The Kier molecular flexibility index (Phi) is 6.12. The van der Waals surface area contributed by atoms with Crippen molar-refractivity contribution in [3.63, 3.8) is 0 Å². The van der Waals surface area contributed by atoms with Crippen LogP contribution in [-0.4, -0.2) is 19.9 Å². The van der Waals surface area contributed by atoms with E-state index in [1.165, 1.54) is 5.56 Å². The maximum absolute atomic E-state index is 6.75. The van der Waals surface area contributed by atoms with Gasteiger partial charge in [0.2, 0.25) is 0 Å². The van der Waals surface area contributed by atoms with Crippen molar-refractivity contribution < 1.29 is 14.2 Å². The molecule has 0 amide bonds. The van der Waals surface area contributed by atoms with Gasteiger partial charge in [0.25, 0.3) is 0 Å². The van der Waals surface area contributed by atoms with Gasteiger partial charge in [-0.05, 0) is 65.7 Å². The molecule has 4 aromatic rings. The lowest BCUT2D eigenvalue weighted by atomic mass is 9.80. The molecule has 0 N–H and O–H groups in total. The summed E-state index contributed by atoms with van der Waals surface area (Å²) in [6, 6.07) is 30.5. The number of benzene rings is 4. The number of ether oxygens (including phenoxy) is 3. The average molecular weight is 514 g/mol. The van der Waals surface area contributed by atoms with Crippen molar-refractivity contribution in [2.24, 2.45) is 10.9 Å². The third kappa shape index (κ3) is 4.12. The van der Waals surface area contributed by atoms with E-state index in [2.05, 4.69) is 30.3 Å². The van der Waals surface area contributed by atoms with Crippen LogP contribution in [0.5, 0.6) is 17.2 Å². The average Bonchev–Trinajstić information content (AvgIpc) is 3.10.